The molecule has 37 heavy (non-hydrogen) atoms. The van der Waals surface area contributed by atoms with Crippen LogP contribution in [0.15, 0.2) is 61.9 Å². The number of hydrogen-bond acceptors (Lipinski definition) is 7. The maximum Gasteiger partial charge on any atom is 0.312 e. The Labute approximate surface area is 228 Å². The number of hydrogen-bond donors (Lipinski definition) is 1. The van der Waals surface area contributed by atoms with Gasteiger partial charge in [-0.05, 0) is 50.6 Å². The second-order valence-electron chi connectivity index (χ2n) is 8.23. The van der Waals surface area contributed by atoms with Crippen LogP contribution in [0.1, 0.15) is 37.9 Å². The lowest BCUT2D eigenvalue weighted by Gasteiger charge is -2.29. The smallest absolute Gasteiger partial charge is 0.312 e. The number of nitro benzene ring substituents is 1. The third-order valence-electron chi connectivity index (χ3n) is 6.06. The molecule has 1 amide bonds. The first-order valence-electron chi connectivity index (χ1n) is 11.3. The summed E-state index contributed by atoms with van der Waals surface area (Å²) in [7, 11) is 0. The van der Waals surface area contributed by atoms with E-state index in [2.05, 4.69) is 20.9 Å². The van der Waals surface area contributed by atoms with E-state index in [-0.39, 0.29) is 16.0 Å². The van der Waals surface area contributed by atoms with Crippen LogP contribution in [0, 0.1) is 10.1 Å². The molecule has 0 spiro atoms. The van der Waals surface area contributed by atoms with Crippen molar-refractivity contribution in [1.82, 2.24) is 9.47 Å². The summed E-state index contributed by atoms with van der Waals surface area (Å²) in [5, 5.41) is 22.3. The molecular weight excluding hydrogens is 584 g/mol. The minimum Gasteiger partial charge on any atom is -0.502 e. The van der Waals surface area contributed by atoms with E-state index in [0.717, 1.165) is 11.3 Å². The number of phenolic OH excluding ortho intramolecular Hbond substituents is 1. The van der Waals surface area contributed by atoms with Crippen LogP contribution in [0.5, 0.6) is 5.75 Å². The highest BCUT2D eigenvalue weighted by Crippen LogP contribution is 2.34. The number of phenols is 1. The number of allylic oxidation sites excluding steroid dienone is 1. The Kier molecular flexibility index (Phi) is 7.67. The summed E-state index contributed by atoms with van der Waals surface area (Å²) in [6.07, 6.45) is 1.39. The van der Waals surface area contributed by atoms with Gasteiger partial charge in [0.25, 0.3) is 11.5 Å². The van der Waals surface area contributed by atoms with Crippen molar-refractivity contribution in [2.75, 3.05) is 13.1 Å². The molecule has 1 aliphatic rings. The number of benzene rings is 2. The first-order valence-corrected chi connectivity index (χ1v) is 13.3. The lowest BCUT2D eigenvalue weighted by atomic mass is 9.94. The highest BCUT2D eigenvalue weighted by Gasteiger charge is 2.34. The quantitative estimate of drug-likeness (QED) is 0.335. The summed E-state index contributed by atoms with van der Waals surface area (Å²) in [6.45, 7) is 6.48. The average Bonchev–Trinajstić information content (AvgIpc) is 3.15. The van der Waals surface area contributed by atoms with Crippen molar-refractivity contribution < 1.29 is 14.8 Å². The number of amides is 1. The van der Waals surface area contributed by atoms with Crippen LogP contribution in [0.4, 0.5) is 5.69 Å². The molecule has 3 aromatic rings. The molecular formula is C25H22BrClN4O5S. The Morgan fingerprint density at radius 2 is 1.95 bits per heavy atom. The van der Waals surface area contributed by atoms with Crippen LogP contribution < -0.4 is 14.9 Å². The fourth-order valence-electron chi connectivity index (χ4n) is 4.23. The van der Waals surface area contributed by atoms with Gasteiger partial charge in [-0.2, -0.15) is 0 Å². The number of nitro groups is 1. The molecule has 0 bridgehead atoms. The van der Waals surface area contributed by atoms with Crippen molar-refractivity contribution in [3.05, 3.63) is 98.1 Å². The molecule has 1 N–H and O–H groups in total. The van der Waals surface area contributed by atoms with Crippen LogP contribution in [0.25, 0.3) is 6.08 Å². The molecule has 0 aliphatic carbocycles. The van der Waals surface area contributed by atoms with Crippen molar-refractivity contribution in [3.63, 3.8) is 0 Å². The van der Waals surface area contributed by atoms with Gasteiger partial charge in [-0.3, -0.25) is 24.3 Å². The lowest BCUT2D eigenvalue weighted by molar-refractivity contribution is -0.385. The number of likely N-dealkylation sites (N-methyl/N-ethyl adjacent to an activating group) is 1. The van der Waals surface area contributed by atoms with Crippen molar-refractivity contribution in [1.29, 1.82) is 0 Å². The lowest BCUT2D eigenvalue weighted by Crippen LogP contribution is -2.43. The van der Waals surface area contributed by atoms with Gasteiger partial charge in [0.05, 0.1) is 26.8 Å². The fourth-order valence-corrected chi connectivity index (χ4v) is 5.86. The Balaban J connectivity index is 1.99. The van der Waals surface area contributed by atoms with E-state index in [1.54, 1.807) is 36.1 Å². The van der Waals surface area contributed by atoms with E-state index in [0.29, 0.717) is 44.2 Å². The summed E-state index contributed by atoms with van der Waals surface area (Å²) in [5.74, 6) is -0.775. The highest BCUT2D eigenvalue weighted by molar-refractivity contribution is 9.10. The van der Waals surface area contributed by atoms with Gasteiger partial charge in [-0.25, -0.2) is 4.99 Å². The molecule has 0 saturated heterocycles. The van der Waals surface area contributed by atoms with Crippen LogP contribution in [0.2, 0.25) is 5.02 Å². The Morgan fingerprint density at radius 3 is 2.54 bits per heavy atom. The topological polar surface area (TPSA) is 118 Å². The van der Waals surface area contributed by atoms with Crippen LogP contribution >= 0.6 is 38.9 Å². The molecule has 0 unspecified atom stereocenters. The van der Waals surface area contributed by atoms with Crippen LogP contribution in [-0.2, 0) is 4.79 Å². The van der Waals surface area contributed by atoms with E-state index >= 15 is 0 Å². The molecule has 192 valence electrons. The zero-order valence-corrected chi connectivity index (χ0v) is 23.2. The second kappa shape index (κ2) is 10.6. The van der Waals surface area contributed by atoms with Crippen molar-refractivity contribution in [2.24, 2.45) is 4.99 Å². The zero-order chi connectivity index (χ0) is 27.0. The van der Waals surface area contributed by atoms with E-state index < -0.39 is 28.0 Å². The molecule has 2 heterocycles. The van der Waals surface area contributed by atoms with E-state index in [9.17, 15) is 24.8 Å². The van der Waals surface area contributed by atoms with Gasteiger partial charge in [0.1, 0.15) is 0 Å². The van der Waals surface area contributed by atoms with Crippen LogP contribution in [0.3, 0.4) is 0 Å². The monoisotopic (exact) mass is 604 g/mol. The summed E-state index contributed by atoms with van der Waals surface area (Å²) in [5.41, 5.74) is 0.724. The number of rotatable bonds is 6. The van der Waals surface area contributed by atoms with Gasteiger partial charge in [0.15, 0.2) is 4.80 Å². The minimum atomic E-state index is -0.755. The number of halogens is 2. The number of nitrogens with zero attached hydrogens (tertiary/aromatic N) is 4. The van der Waals surface area contributed by atoms with Gasteiger partial charge < -0.3 is 10.0 Å². The SMILES string of the molecule is CCN(CC)C(=O)C1=C(C)N=c2s/c(=C/c3cc(Br)cc([N+](=O)[O-])c3O)c(=O)n2[C@H]1c1ccc(Cl)cc1. The Bertz CT molecular complexity index is 1620. The molecule has 1 aliphatic heterocycles. The second-order valence-corrected chi connectivity index (χ2v) is 10.6. The largest absolute Gasteiger partial charge is 0.502 e. The maximum atomic E-state index is 13.7. The molecule has 1 aromatic heterocycles. The standard InChI is InChI=1S/C25H22BrClN4O5S/c1-4-29(5-2)24(34)20-13(3)28-25-30(21(20)14-6-8-17(27)9-7-14)23(33)19(37-25)11-15-10-16(26)12-18(22(15)32)31(35)36/h6-12,21,32H,4-5H2,1-3H3/b19-11+/t21-/m0/s1. The third-order valence-corrected chi connectivity index (χ3v) is 7.75. The van der Waals surface area contributed by atoms with Crippen LogP contribution in [-0.4, -0.2) is 38.5 Å². The van der Waals surface area contributed by atoms with Crippen molar-refractivity contribution in [2.45, 2.75) is 26.8 Å². The van der Waals surface area contributed by atoms with Gasteiger partial charge in [-0.1, -0.05) is 51.0 Å². The normalized spacial score (nSPS) is 15.4. The average molecular weight is 606 g/mol. The summed E-state index contributed by atoms with van der Waals surface area (Å²) in [4.78, 5) is 44.6. The molecule has 4 rings (SSSR count). The molecule has 0 radical (unpaired) electrons. The molecule has 1 atom stereocenters. The number of carbonyl (C=O) groups is 1. The van der Waals surface area contributed by atoms with Crippen molar-refractivity contribution in [3.8, 4) is 5.75 Å². The molecule has 0 fully saturated rings. The predicted molar refractivity (Wildman–Crippen MR) is 146 cm³/mol. The summed E-state index contributed by atoms with van der Waals surface area (Å²) >= 11 is 10.4. The predicted octanol–water partition coefficient (Wildman–Crippen LogP) is 4.13. The van der Waals surface area contributed by atoms with E-state index in [4.69, 9.17) is 11.6 Å². The van der Waals surface area contributed by atoms with Crippen molar-refractivity contribution >= 4 is 56.5 Å². The Morgan fingerprint density at radius 1 is 1.30 bits per heavy atom. The summed E-state index contributed by atoms with van der Waals surface area (Å²) < 4.78 is 2.02. The number of aromatic nitrogens is 1. The molecule has 2 aromatic carbocycles. The maximum absolute atomic E-state index is 13.7. The molecule has 9 nitrogen and oxygen atoms in total. The Hall–Kier alpha value is -3.28. The number of thiazole rings is 1. The fraction of sp³-hybridized carbons (Fsp3) is 0.240. The van der Waals surface area contributed by atoms with Gasteiger partial charge in [0.2, 0.25) is 5.75 Å². The third kappa shape index (κ3) is 4.98. The number of carbonyl (C=O) groups excluding carboxylic acids is 1. The first kappa shape index (κ1) is 26.8. The molecule has 12 heteroatoms. The van der Waals surface area contributed by atoms with Gasteiger partial charge >= 0.3 is 5.69 Å². The van der Waals surface area contributed by atoms with Gasteiger partial charge in [-0.15, -0.1) is 0 Å². The number of aromatic hydroxyl groups is 1. The summed E-state index contributed by atoms with van der Waals surface area (Å²) in [6, 6.07) is 8.83. The molecule has 0 saturated carbocycles. The zero-order valence-electron chi connectivity index (χ0n) is 20.1. The van der Waals surface area contributed by atoms with Gasteiger partial charge in [0, 0.05) is 34.2 Å². The van der Waals surface area contributed by atoms with E-state index in [1.165, 1.54) is 22.8 Å². The highest BCUT2D eigenvalue weighted by atomic mass is 79.9. The first-order chi connectivity index (χ1) is 17.6. The minimum absolute atomic E-state index is 0.101. The number of fused-ring (bicyclic) bond motifs is 1. The van der Waals surface area contributed by atoms with E-state index in [1.807, 2.05) is 13.8 Å².